The van der Waals surface area contributed by atoms with Crippen molar-refractivity contribution >= 4 is 17.9 Å². The molecule has 0 atom stereocenters. The third-order valence-corrected chi connectivity index (χ3v) is 3.33. The molecule has 1 heterocycles. The average Bonchev–Trinajstić information content (AvgIpc) is 2.60. The first kappa shape index (κ1) is 12.8. The van der Waals surface area contributed by atoms with Crippen LogP contribution in [-0.4, -0.2) is 16.1 Å². The standard InChI is InChI=1S/C13H12ClFN2O/c1-8-11(7-18)9(2)17(16-8)6-10-4-3-5-12(15)13(10)14/h3-5,7H,6H2,1-2H3. The summed E-state index contributed by atoms with van der Waals surface area (Å²) in [7, 11) is 0. The minimum Gasteiger partial charge on any atom is -0.298 e. The fourth-order valence-corrected chi connectivity index (χ4v) is 2.05. The summed E-state index contributed by atoms with van der Waals surface area (Å²) in [6.07, 6.45) is 0.779. The van der Waals surface area contributed by atoms with Crippen LogP contribution >= 0.6 is 11.6 Å². The Kier molecular flexibility index (Phi) is 3.48. The van der Waals surface area contributed by atoms with Crippen LogP contribution in [0, 0.1) is 19.7 Å². The van der Waals surface area contributed by atoms with Crippen molar-refractivity contribution in [1.29, 1.82) is 0 Å². The van der Waals surface area contributed by atoms with Gasteiger partial charge in [-0.05, 0) is 25.5 Å². The van der Waals surface area contributed by atoms with Gasteiger partial charge >= 0.3 is 0 Å². The van der Waals surface area contributed by atoms with Gasteiger partial charge in [-0.15, -0.1) is 0 Å². The molecule has 94 valence electrons. The zero-order valence-electron chi connectivity index (χ0n) is 10.1. The van der Waals surface area contributed by atoms with Crippen molar-refractivity contribution in [3.63, 3.8) is 0 Å². The molecule has 1 aromatic heterocycles. The first-order valence-corrected chi connectivity index (χ1v) is 5.84. The second-order valence-electron chi connectivity index (χ2n) is 4.07. The van der Waals surface area contributed by atoms with Crippen LogP contribution in [0.5, 0.6) is 0 Å². The highest BCUT2D eigenvalue weighted by atomic mass is 35.5. The Bertz CT molecular complexity index is 607. The average molecular weight is 267 g/mol. The Morgan fingerprint density at radius 2 is 2.17 bits per heavy atom. The van der Waals surface area contributed by atoms with E-state index in [0.717, 1.165) is 12.0 Å². The lowest BCUT2D eigenvalue weighted by Crippen LogP contribution is -2.05. The van der Waals surface area contributed by atoms with Gasteiger partial charge in [-0.1, -0.05) is 23.7 Å². The third-order valence-electron chi connectivity index (χ3n) is 2.91. The number of hydrogen-bond donors (Lipinski definition) is 0. The monoisotopic (exact) mass is 266 g/mol. The molecule has 2 rings (SSSR count). The minimum absolute atomic E-state index is 0.0951. The molecule has 0 fully saturated rings. The van der Waals surface area contributed by atoms with Gasteiger partial charge in [0.25, 0.3) is 0 Å². The van der Waals surface area contributed by atoms with E-state index in [4.69, 9.17) is 11.6 Å². The van der Waals surface area contributed by atoms with Crippen molar-refractivity contribution in [3.8, 4) is 0 Å². The van der Waals surface area contributed by atoms with E-state index in [9.17, 15) is 9.18 Å². The number of aryl methyl sites for hydroxylation is 1. The molecule has 3 nitrogen and oxygen atoms in total. The smallest absolute Gasteiger partial charge is 0.153 e. The summed E-state index contributed by atoms with van der Waals surface area (Å²) in [5.41, 5.74) is 2.63. The lowest BCUT2D eigenvalue weighted by molar-refractivity contribution is 0.112. The maximum atomic E-state index is 13.3. The fourth-order valence-electron chi connectivity index (χ4n) is 1.87. The number of aromatic nitrogens is 2. The van der Waals surface area contributed by atoms with Crippen molar-refractivity contribution < 1.29 is 9.18 Å². The number of aldehydes is 1. The van der Waals surface area contributed by atoms with Gasteiger partial charge < -0.3 is 0 Å². The molecule has 0 aliphatic rings. The Labute approximate surface area is 109 Å². The predicted molar refractivity (Wildman–Crippen MR) is 67.6 cm³/mol. The van der Waals surface area contributed by atoms with Crippen LogP contribution in [0.2, 0.25) is 5.02 Å². The number of halogens is 2. The molecule has 0 aliphatic heterocycles. The van der Waals surface area contributed by atoms with E-state index < -0.39 is 5.82 Å². The number of nitrogens with zero attached hydrogens (tertiary/aromatic N) is 2. The van der Waals surface area contributed by atoms with Crippen molar-refractivity contribution in [3.05, 3.63) is 51.6 Å². The number of carbonyl (C=O) groups excluding carboxylic acids is 1. The Hall–Kier alpha value is -1.68. The molecule has 0 bridgehead atoms. The van der Waals surface area contributed by atoms with Gasteiger partial charge in [0, 0.05) is 5.69 Å². The summed E-state index contributed by atoms with van der Waals surface area (Å²) in [5, 5.41) is 4.35. The van der Waals surface area contributed by atoms with E-state index in [1.807, 2.05) is 0 Å². The van der Waals surface area contributed by atoms with Gasteiger partial charge in [-0.2, -0.15) is 5.10 Å². The number of carbonyl (C=O) groups is 1. The lowest BCUT2D eigenvalue weighted by atomic mass is 10.2. The van der Waals surface area contributed by atoms with Crippen molar-refractivity contribution in [2.75, 3.05) is 0 Å². The first-order chi connectivity index (χ1) is 8.54. The molecule has 1 aromatic carbocycles. The highest BCUT2D eigenvalue weighted by Crippen LogP contribution is 2.21. The molecule has 2 aromatic rings. The summed E-state index contributed by atoms with van der Waals surface area (Å²) < 4.78 is 15.0. The summed E-state index contributed by atoms with van der Waals surface area (Å²) in [4.78, 5) is 10.9. The number of hydrogen-bond acceptors (Lipinski definition) is 2. The first-order valence-electron chi connectivity index (χ1n) is 5.46. The predicted octanol–water partition coefficient (Wildman–Crippen LogP) is 3.15. The summed E-state index contributed by atoms with van der Waals surface area (Å²) >= 11 is 5.89. The molecule has 0 unspecified atom stereocenters. The highest BCUT2D eigenvalue weighted by Gasteiger charge is 2.13. The van der Waals surface area contributed by atoms with Gasteiger partial charge in [-0.3, -0.25) is 9.48 Å². The maximum absolute atomic E-state index is 13.3. The van der Waals surface area contributed by atoms with E-state index in [0.29, 0.717) is 23.4 Å². The van der Waals surface area contributed by atoms with Gasteiger partial charge in [0.2, 0.25) is 0 Å². The topological polar surface area (TPSA) is 34.9 Å². The summed E-state index contributed by atoms with van der Waals surface area (Å²) in [6, 6.07) is 4.65. The summed E-state index contributed by atoms with van der Waals surface area (Å²) in [5.74, 6) is -0.452. The Morgan fingerprint density at radius 3 is 2.78 bits per heavy atom. The van der Waals surface area contributed by atoms with E-state index in [-0.39, 0.29) is 5.02 Å². The minimum atomic E-state index is -0.452. The molecule has 0 saturated heterocycles. The Balaban J connectivity index is 2.40. The summed E-state index contributed by atoms with van der Waals surface area (Å²) in [6.45, 7) is 3.91. The van der Waals surface area contributed by atoms with Gasteiger partial charge in [0.05, 0.1) is 22.8 Å². The zero-order chi connectivity index (χ0) is 13.3. The van der Waals surface area contributed by atoms with Crippen molar-refractivity contribution in [2.45, 2.75) is 20.4 Å². The third kappa shape index (κ3) is 2.16. The van der Waals surface area contributed by atoms with Crippen LogP contribution in [-0.2, 0) is 6.54 Å². The van der Waals surface area contributed by atoms with Gasteiger partial charge in [0.1, 0.15) is 5.82 Å². The molecule has 18 heavy (non-hydrogen) atoms. The van der Waals surface area contributed by atoms with Crippen LogP contribution in [0.4, 0.5) is 4.39 Å². The van der Waals surface area contributed by atoms with Crippen molar-refractivity contribution in [1.82, 2.24) is 9.78 Å². The maximum Gasteiger partial charge on any atom is 0.153 e. The molecule has 0 N–H and O–H groups in total. The highest BCUT2D eigenvalue weighted by molar-refractivity contribution is 6.31. The molecular weight excluding hydrogens is 255 g/mol. The van der Waals surface area contributed by atoms with Crippen LogP contribution in [0.1, 0.15) is 27.3 Å². The van der Waals surface area contributed by atoms with Crippen LogP contribution in [0.3, 0.4) is 0 Å². The zero-order valence-corrected chi connectivity index (χ0v) is 10.8. The SMILES string of the molecule is Cc1nn(Cc2cccc(F)c2Cl)c(C)c1C=O. The second-order valence-corrected chi connectivity index (χ2v) is 4.45. The molecule has 0 radical (unpaired) electrons. The number of rotatable bonds is 3. The second kappa shape index (κ2) is 4.90. The molecule has 0 saturated carbocycles. The molecule has 5 heteroatoms. The molecule has 0 aliphatic carbocycles. The largest absolute Gasteiger partial charge is 0.298 e. The number of benzene rings is 1. The van der Waals surface area contributed by atoms with Crippen LogP contribution < -0.4 is 0 Å². The molecule has 0 amide bonds. The van der Waals surface area contributed by atoms with Gasteiger partial charge in [-0.25, -0.2) is 4.39 Å². The molecule has 0 spiro atoms. The fraction of sp³-hybridized carbons (Fsp3) is 0.231. The quantitative estimate of drug-likeness (QED) is 0.800. The Morgan fingerprint density at radius 1 is 1.44 bits per heavy atom. The normalized spacial score (nSPS) is 10.7. The van der Waals surface area contributed by atoms with E-state index in [2.05, 4.69) is 5.10 Å². The van der Waals surface area contributed by atoms with Crippen LogP contribution in [0.25, 0.3) is 0 Å². The molecular formula is C13H12ClFN2O. The van der Waals surface area contributed by atoms with E-state index in [1.165, 1.54) is 6.07 Å². The lowest BCUT2D eigenvalue weighted by Gasteiger charge is -2.07. The van der Waals surface area contributed by atoms with Crippen LogP contribution in [0.15, 0.2) is 18.2 Å². The van der Waals surface area contributed by atoms with Crippen molar-refractivity contribution in [2.24, 2.45) is 0 Å². The van der Waals surface area contributed by atoms with E-state index in [1.54, 1.807) is 30.7 Å². The van der Waals surface area contributed by atoms with Gasteiger partial charge in [0.15, 0.2) is 6.29 Å². The van der Waals surface area contributed by atoms with E-state index >= 15 is 0 Å².